The van der Waals surface area contributed by atoms with Gasteiger partial charge in [-0.1, -0.05) is 30.7 Å². The van der Waals surface area contributed by atoms with Gasteiger partial charge in [-0.3, -0.25) is 4.79 Å². The largest absolute Gasteiger partial charge is 0.372 e. The van der Waals surface area contributed by atoms with Crippen molar-refractivity contribution in [2.75, 3.05) is 7.11 Å². The molecule has 0 aromatic heterocycles. The highest BCUT2D eigenvalue weighted by Gasteiger charge is 2.17. The van der Waals surface area contributed by atoms with E-state index in [9.17, 15) is 4.79 Å². The first-order chi connectivity index (χ1) is 8.08. The van der Waals surface area contributed by atoms with Crippen LogP contribution in [0.15, 0.2) is 24.3 Å². The quantitative estimate of drug-likeness (QED) is 0.879. The second-order valence-electron chi connectivity index (χ2n) is 3.90. The summed E-state index contributed by atoms with van der Waals surface area (Å²) >= 11 is 5.93. The van der Waals surface area contributed by atoms with Crippen LogP contribution in [0.1, 0.15) is 31.9 Å². The highest BCUT2D eigenvalue weighted by molar-refractivity contribution is 6.30. The van der Waals surface area contributed by atoms with Crippen LogP contribution in [0.3, 0.4) is 0 Å². The van der Waals surface area contributed by atoms with Crippen LogP contribution in [0.5, 0.6) is 0 Å². The molecule has 2 atom stereocenters. The number of hydrogen-bond donors (Lipinski definition) is 1. The van der Waals surface area contributed by atoms with Gasteiger partial charge in [0.05, 0.1) is 6.04 Å². The molecule has 2 unspecified atom stereocenters. The lowest BCUT2D eigenvalue weighted by molar-refractivity contribution is -0.130. The van der Waals surface area contributed by atoms with Crippen molar-refractivity contribution in [3.8, 4) is 0 Å². The van der Waals surface area contributed by atoms with E-state index in [2.05, 4.69) is 5.32 Å². The molecule has 1 aromatic carbocycles. The van der Waals surface area contributed by atoms with Crippen LogP contribution in [-0.2, 0) is 9.53 Å². The Labute approximate surface area is 107 Å². The zero-order chi connectivity index (χ0) is 12.8. The number of ether oxygens (including phenoxy) is 1. The van der Waals surface area contributed by atoms with E-state index in [0.29, 0.717) is 5.02 Å². The molecule has 94 valence electrons. The number of carbonyl (C=O) groups is 1. The van der Waals surface area contributed by atoms with Crippen molar-refractivity contribution < 1.29 is 9.53 Å². The zero-order valence-electron chi connectivity index (χ0n) is 10.4. The van der Waals surface area contributed by atoms with Gasteiger partial charge in [-0.15, -0.1) is 0 Å². The van der Waals surface area contributed by atoms with E-state index in [4.69, 9.17) is 16.3 Å². The third-order valence-electron chi connectivity index (χ3n) is 2.70. The maximum Gasteiger partial charge on any atom is 0.249 e. The van der Waals surface area contributed by atoms with Crippen LogP contribution in [0, 0.1) is 0 Å². The molecule has 0 radical (unpaired) electrons. The number of benzene rings is 1. The first-order valence-electron chi connectivity index (χ1n) is 5.67. The minimum Gasteiger partial charge on any atom is -0.372 e. The number of halogens is 1. The van der Waals surface area contributed by atoms with Crippen LogP contribution in [0.2, 0.25) is 5.02 Å². The minimum atomic E-state index is -0.441. The average molecular weight is 256 g/mol. The fourth-order valence-electron chi connectivity index (χ4n) is 1.54. The van der Waals surface area contributed by atoms with E-state index >= 15 is 0 Å². The monoisotopic (exact) mass is 255 g/mol. The average Bonchev–Trinajstić information content (AvgIpc) is 2.34. The molecule has 4 heteroatoms. The molecule has 0 spiro atoms. The van der Waals surface area contributed by atoms with Crippen molar-refractivity contribution in [2.45, 2.75) is 32.4 Å². The molecule has 0 heterocycles. The van der Waals surface area contributed by atoms with Crippen LogP contribution >= 0.6 is 11.6 Å². The molecule has 1 N–H and O–H groups in total. The van der Waals surface area contributed by atoms with Gasteiger partial charge in [0.1, 0.15) is 6.10 Å². The lowest BCUT2D eigenvalue weighted by Gasteiger charge is -2.19. The maximum atomic E-state index is 11.7. The van der Waals surface area contributed by atoms with Gasteiger partial charge in [0, 0.05) is 12.1 Å². The molecule has 3 nitrogen and oxygen atoms in total. The molecule has 1 amide bonds. The number of hydrogen-bond acceptors (Lipinski definition) is 2. The summed E-state index contributed by atoms with van der Waals surface area (Å²) in [7, 11) is 1.52. The van der Waals surface area contributed by atoms with Crippen LogP contribution in [0.25, 0.3) is 0 Å². The summed E-state index contributed by atoms with van der Waals surface area (Å²) in [5.41, 5.74) is 1.01. The van der Waals surface area contributed by atoms with E-state index in [1.807, 2.05) is 31.2 Å². The molecule has 0 aliphatic heterocycles. The number of rotatable bonds is 5. The van der Waals surface area contributed by atoms with Gasteiger partial charge in [0.2, 0.25) is 5.91 Å². The molecular weight excluding hydrogens is 238 g/mol. The molecule has 17 heavy (non-hydrogen) atoms. The molecule has 0 bridgehead atoms. The van der Waals surface area contributed by atoms with Gasteiger partial charge in [-0.25, -0.2) is 0 Å². The molecule has 0 aliphatic rings. The molecule has 1 rings (SSSR count). The topological polar surface area (TPSA) is 38.3 Å². The van der Waals surface area contributed by atoms with Crippen molar-refractivity contribution in [2.24, 2.45) is 0 Å². The number of amides is 1. The van der Waals surface area contributed by atoms with Crippen molar-refractivity contribution in [1.82, 2.24) is 5.32 Å². The molecule has 0 saturated heterocycles. The second kappa shape index (κ2) is 6.62. The fourth-order valence-corrected chi connectivity index (χ4v) is 1.74. The predicted octanol–water partition coefficient (Wildman–Crippen LogP) is 2.94. The van der Waals surface area contributed by atoms with E-state index in [1.54, 1.807) is 6.92 Å². The minimum absolute atomic E-state index is 0.0289. The summed E-state index contributed by atoms with van der Waals surface area (Å²) in [5, 5.41) is 3.61. The Bertz CT molecular complexity index is 381. The first-order valence-corrected chi connectivity index (χ1v) is 6.05. The highest BCUT2D eigenvalue weighted by Crippen LogP contribution is 2.20. The van der Waals surface area contributed by atoms with Crippen molar-refractivity contribution in [3.63, 3.8) is 0 Å². The second-order valence-corrected chi connectivity index (χ2v) is 4.34. The molecule has 0 fully saturated rings. The highest BCUT2D eigenvalue weighted by atomic mass is 35.5. The Morgan fingerprint density at radius 3 is 2.76 bits per heavy atom. The van der Waals surface area contributed by atoms with E-state index in [0.717, 1.165) is 12.0 Å². The normalized spacial score (nSPS) is 14.1. The Kier molecular flexibility index (Phi) is 5.45. The zero-order valence-corrected chi connectivity index (χ0v) is 11.1. The Morgan fingerprint density at radius 1 is 1.53 bits per heavy atom. The summed E-state index contributed by atoms with van der Waals surface area (Å²) < 4.78 is 4.98. The van der Waals surface area contributed by atoms with Crippen molar-refractivity contribution in [3.05, 3.63) is 34.9 Å². The third-order valence-corrected chi connectivity index (χ3v) is 2.93. The SMILES string of the molecule is CCC(NC(=O)C(C)OC)c1cccc(Cl)c1. The molecule has 0 saturated carbocycles. The van der Waals surface area contributed by atoms with E-state index in [1.165, 1.54) is 7.11 Å². The van der Waals surface area contributed by atoms with Crippen molar-refractivity contribution >= 4 is 17.5 Å². The fraction of sp³-hybridized carbons (Fsp3) is 0.462. The van der Waals surface area contributed by atoms with E-state index in [-0.39, 0.29) is 11.9 Å². The van der Waals surface area contributed by atoms with Gasteiger partial charge in [-0.2, -0.15) is 0 Å². The van der Waals surface area contributed by atoms with Gasteiger partial charge < -0.3 is 10.1 Å². The summed E-state index contributed by atoms with van der Waals surface area (Å²) in [4.78, 5) is 11.7. The van der Waals surface area contributed by atoms with Crippen LogP contribution < -0.4 is 5.32 Å². The summed E-state index contributed by atoms with van der Waals surface area (Å²) in [5.74, 6) is -0.112. The standard InChI is InChI=1S/C13H18ClNO2/c1-4-12(15-13(16)9(2)17-3)10-6-5-7-11(14)8-10/h5-9,12H,4H2,1-3H3,(H,15,16). The van der Waals surface area contributed by atoms with Crippen LogP contribution in [0.4, 0.5) is 0 Å². The van der Waals surface area contributed by atoms with Crippen LogP contribution in [-0.4, -0.2) is 19.1 Å². The number of nitrogens with one attached hydrogen (secondary N) is 1. The molecular formula is C13H18ClNO2. The Balaban J connectivity index is 2.75. The number of methoxy groups -OCH3 is 1. The van der Waals surface area contributed by atoms with Gasteiger partial charge in [-0.05, 0) is 31.0 Å². The van der Waals surface area contributed by atoms with Gasteiger partial charge in [0.15, 0.2) is 0 Å². The Morgan fingerprint density at radius 2 is 2.24 bits per heavy atom. The molecule has 0 aliphatic carbocycles. The van der Waals surface area contributed by atoms with Gasteiger partial charge >= 0.3 is 0 Å². The summed E-state index contributed by atoms with van der Waals surface area (Å²) in [6.45, 7) is 3.74. The number of carbonyl (C=O) groups excluding carboxylic acids is 1. The lowest BCUT2D eigenvalue weighted by Crippen LogP contribution is -2.36. The lowest BCUT2D eigenvalue weighted by atomic mass is 10.0. The predicted molar refractivity (Wildman–Crippen MR) is 69.1 cm³/mol. The maximum absolute atomic E-state index is 11.7. The van der Waals surface area contributed by atoms with E-state index < -0.39 is 6.10 Å². The molecule has 1 aromatic rings. The summed E-state index contributed by atoms with van der Waals surface area (Å²) in [6.07, 6.45) is 0.367. The smallest absolute Gasteiger partial charge is 0.249 e. The third kappa shape index (κ3) is 4.02. The first kappa shape index (κ1) is 14.0. The summed E-state index contributed by atoms with van der Waals surface area (Å²) in [6, 6.07) is 7.49. The van der Waals surface area contributed by atoms with Gasteiger partial charge in [0.25, 0.3) is 0 Å². The van der Waals surface area contributed by atoms with Crippen molar-refractivity contribution in [1.29, 1.82) is 0 Å². The Hall–Kier alpha value is -1.06.